The summed E-state index contributed by atoms with van der Waals surface area (Å²) in [6.45, 7) is 13.8. The maximum Gasteiger partial charge on any atom is 0.252 e. The van der Waals surface area contributed by atoms with Crippen LogP contribution in [0.15, 0.2) is 224 Å². The van der Waals surface area contributed by atoms with Crippen LogP contribution in [0.25, 0.3) is 56.2 Å². The van der Waals surface area contributed by atoms with Crippen molar-refractivity contribution in [3.8, 4) is 56.2 Å². The molecule has 0 radical (unpaired) electrons. The molecule has 0 unspecified atom stereocenters. The Kier molecular flexibility index (Phi) is 10.7. The van der Waals surface area contributed by atoms with Crippen LogP contribution >= 0.6 is 0 Å². The number of anilines is 6. The van der Waals surface area contributed by atoms with Crippen molar-refractivity contribution in [1.29, 1.82) is 0 Å². The molecule has 4 nitrogen and oxygen atoms in total. The molecule has 0 saturated heterocycles. The Morgan fingerprint density at radius 3 is 1.04 bits per heavy atom. The van der Waals surface area contributed by atoms with Gasteiger partial charge in [0.2, 0.25) is 0 Å². The minimum Gasteiger partial charge on any atom is -0.311 e. The molecule has 0 atom stereocenters. The fourth-order valence-electron chi connectivity index (χ4n) is 10.6. The number of fused-ring (bicyclic) bond motifs is 4. The van der Waals surface area contributed by atoms with Gasteiger partial charge in [0.05, 0.1) is 11.4 Å². The van der Waals surface area contributed by atoms with E-state index in [1.54, 1.807) is 0 Å². The predicted molar refractivity (Wildman–Crippen MR) is 301 cm³/mol. The minimum absolute atomic E-state index is 0.0572. The maximum absolute atomic E-state index is 5.48. The van der Waals surface area contributed by atoms with Gasteiger partial charge in [0.15, 0.2) is 5.82 Å². The monoisotopic (exact) mass is 914 g/mol. The average molecular weight is 915 g/mol. The lowest BCUT2D eigenvalue weighted by molar-refractivity contribution is 0.590. The van der Waals surface area contributed by atoms with Gasteiger partial charge in [0.25, 0.3) is 6.71 Å². The van der Waals surface area contributed by atoms with Crippen molar-refractivity contribution < 1.29 is 0 Å². The highest BCUT2D eigenvalue weighted by Gasteiger charge is 2.44. The first-order chi connectivity index (χ1) is 34.5. The first-order valence-electron chi connectivity index (χ1n) is 24.8. The molecule has 2 aliphatic heterocycles. The van der Waals surface area contributed by atoms with Crippen molar-refractivity contribution in [2.24, 2.45) is 0 Å². The summed E-state index contributed by atoms with van der Waals surface area (Å²) in [5.74, 6) is 0.669. The van der Waals surface area contributed by atoms with Gasteiger partial charge in [0, 0.05) is 50.8 Å². The van der Waals surface area contributed by atoms with Gasteiger partial charge in [-0.1, -0.05) is 211 Å². The van der Waals surface area contributed by atoms with E-state index >= 15 is 0 Å². The molecule has 342 valence electrons. The first kappa shape index (κ1) is 44.0. The fraction of sp³-hybridized carbons (Fsp3) is 0.121. The lowest BCUT2D eigenvalue weighted by Crippen LogP contribution is -2.61. The molecule has 0 saturated carbocycles. The molecule has 5 heteroatoms. The van der Waals surface area contributed by atoms with Crippen LogP contribution < -0.4 is 26.2 Å². The molecular weight excluding hydrogens is 860 g/mol. The van der Waals surface area contributed by atoms with Crippen LogP contribution in [0.4, 0.5) is 34.1 Å². The van der Waals surface area contributed by atoms with E-state index in [4.69, 9.17) is 9.97 Å². The Bertz CT molecular complexity index is 3350. The van der Waals surface area contributed by atoms with Crippen molar-refractivity contribution in [2.45, 2.75) is 52.4 Å². The lowest BCUT2D eigenvalue weighted by Gasteiger charge is -2.45. The lowest BCUT2D eigenvalue weighted by atomic mass is 9.33. The third-order valence-corrected chi connectivity index (χ3v) is 14.4. The van der Waals surface area contributed by atoms with Crippen molar-refractivity contribution in [2.75, 3.05) is 9.80 Å². The van der Waals surface area contributed by atoms with Crippen LogP contribution in [0, 0.1) is 0 Å². The van der Waals surface area contributed by atoms with E-state index in [9.17, 15) is 0 Å². The van der Waals surface area contributed by atoms with Crippen molar-refractivity contribution in [3.05, 3.63) is 236 Å². The second-order valence-corrected chi connectivity index (χ2v) is 21.1. The van der Waals surface area contributed by atoms with Gasteiger partial charge in [0.1, 0.15) is 0 Å². The molecule has 9 aromatic carbocycles. The van der Waals surface area contributed by atoms with Gasteiger partial charge < -0.3 is 9.80 Å². The summed E-state index contributed by atoms with van der Waals surface area (Å²) >= 11 is 0. The van der Waals surface area contributed by atoms with Crippen LogP contribution in [-0.2, 0) is 10.8 Å². The summed E-state index contributed by atoms with van der Waals surface area (Å²) in [5, 5.41) is 0. The van der Waals surface area contributed by atoms with Gasteiger partial charge in [-0.25, -0.2) is 9.97 Å². The fourth-order valence-corrected chi connectivity index (χ4v) is 10.6. The highest BCUT2D eigenvalue weighted by molar-refractivity contribution is 7.00. The molecule has 1 aromatic heterocycles. The minimum atomic E-state index is -0.0838. The van der Waals surface area contributed by atoms with E-state index in [2.05, 4.69) is 276 Å². The highest BCUT2D eigenvalue weighted by Crippen LogP contribution is 2.48. The van der Waals surface area contributed by atoms with E-state index in [1.165, 1.54) is 61.1 Å². The first-order valence-corrected chi connectivity index (χ1v) is 24.8. The standard InChI is InChI=1S/C66H55BN4/c1-65(2,3)51-31-37-55-59(41-51)70(53-33-27-46(28-34-53)44-19-11-7-12-20-44)61-39-50(64-68-57(48-23-15-9-16-24-48)43-58(69-64)49-25-17-10-18-26-49)40-62-63(61)67(55)56-38-32-52(66(4,5)6)42-60(56)71(62)54-35-29-47(30-36-54)45-21-13-8-14-22-45/h7-43H,1-6H3. The Hall–Kier alpha value is -8.28. The van der Waals surface area contributed by atoms with E-state index < -0.39 is 0 Å². The van der Waals surface area contributed by atoms with Gasteiger partial charge in [-0.3, -0.25) is 0 Å². The number of nitrogens with zero attached hydrogens (tertiary/aromatic N) is 4. The van der Waals surface area contributed by atoms with Crippen molar-refractivity contribution in [3.63, 3.8) is 0 Å². The summed E-state index contributed by atoms with van der Waals surface area (Å²) < 4.78 is 0. The van der Waals surface area contributed by atoms with E-state index in [-0.39, 0.29) is 17.5 Å². The molecule has 0 spiro atoms. The van der Waals surface area contributed by atoms with Crippen LogP contribution in [0.2, 0.25) is 0 Å². The smallest absolute Gasteiger partial charge is 0.252 e. The second-order valence-electron chi connectivity index (χ2n) is 21.1. The van der Waals surface area contributed by atoms with Gasteiger partial charge >= 0.3 is 0 Å². The third-order valence-electron chi connectivity index (χ3n) is 14.4. The predicted octanol–water partition coefficient (Wildman–Crippen LogP) is 15.5. The maximum atomic E-state index is 5.48. The summed E-state index contributed by atoms with van der Waals surface area (Å²) in [6.07, 6.45) is 0. The van der Waals surface area contributed by atoms with E-state index in [0.29, 0.717) is 5.82 Å². The van der Waals surface area contributed by atoms with Crippen molar-refractivity contribution in [1.82, 2.24) is 9.97 Å². The van der Waals surface area contributed by atoms with Crippen molar-refractivity contribution >= 4 is 57.2 Å². The summed E-state index contributed by atoms with van der Waals surface area (Å²) in [4.78, 5) is 16.0. The number of hydrogen-bond acceptors (Lipinski definition) is 4. The molecule has 0 aliphatic carbocycles. The van der Waals surface area contributed by atoms with Gasteiger partial charge in [-0.15, -0.1) is 0 Å². The van der Waals surface area contributed by atoms with Crippen LogP contribution in [-0.4, -0.2) is 16.7 Å². The van der Waals surface area contributed by atoms with Crippen LogP contribution in [0.3, 0.4) is 0 Å². The molecular formula is C66H55BN4. The highest BCUT2D eigenvalue weighted by atomic mass is 15.2. The molecule has 71 heavy (non-hydrogen) atoms. The van der Waals surface area contributed by atoms with Gasteiger partial charge in [-0.05, 0) is 115 Å². The normalized spacial score (nSPS) is 12.8. The quantitative estimate of drug-likeness (QED) is 0.149. The topological polar surface area (TPSA) is 32.3 Å². The van der Waals surface area contributed by atoms with E-state index in [1.807, 2.05) is 0 Å². The van der Waals surface area contributed by atoms with Crippen LogP contribution in [0.5, 0.6) is 0 Å². The summed E-state index contributed by atoms with van der Waals surface area (Å²) in [6, 6.07) is 81.9. The van der Waals surface area contributed by atoms with E-state index in [0.717, 1.165) is 50.8 Å². The third kappa shape index (κ3) is 8.02. The molecule has 2 aliphatic rings. The largest absolute Gasteiger partial charge is 0.311 e. The summed E-state index contributed by atoms with van der Waals surface area (Å²) in [5.41, 5.74) is 22.5. The zero-order chi connectivity index (χ0) is 48.4. The molecule has 12 rings (SSSR count). The SMILES string of the molecule is CC(C)(C)c1ccc2c(c1)N(c1ccc(-c3ccccc3)cc1)c1cc(-c3nc(-c4ccccc4)cc(-c4ccccc4)n3)cc3c1B2c1ccc(C(C)(C)C)cc1N3c1ccc(-c2ccccc2)cc1. The molecule has 0 bridgehead atoms. The molecule has 0 N–H and O–H groups in total. The molecule has 10 aromatic rings. The molecule has 0 fully saturated rings. The van der Waals surface area contributed by atoms with Gasteiger partial charge in [-0.2, -0.15) is 0 Å². The number of hydrogen-bond donors (Lipinski definition) is 0. The number of benzene rings is 9. The number of rotatable bonds is 7. The molecule has 3 heterocycles. The zero-order valence-corrected chi connectivity index (χ0v) is 41.2. The Balaban J connectivity index is 1.17. The zero-order valence-electron chi connectivity index (χ0n) is 41.2. The second kappa shape index (κ2) is 17.3. The Morgan fingerprint density at radius 1 is 0.324 bits per heavy atom. The summed E-state index contributed by atoms with van der Waals surface area (Å²) in [7, 11) is 0. The Labute approximate surface area is 419 Å². The number of aromatic nitrogens is 2. The Morgan fingerprint density at radius 2 is 0.676 bits per heavy atom. The van der Waals surface area contributed by atoms with Crippen LogP contribution in [0.1, 0.15) is 52.7 Å². The average Bonchev–Trinajstić information content (AvgIpc) is 3.41. The molecule has 0 amide bonds.